The fourth-order valence-electron chi connectivity index (χ4n) is 2.89. The van der Waals surface area contributed by atoms with Crippen molar-refractivity contribution >= 4 is 34.0 Å². The van der Waals surface area contributed by atoms with Crippen LogP contribution in [0.4, 0.5) is 10.8 Å². The van der Waals surface area contributed by atoms with Crippen LogP contribution in [0.15, 0.2) is 53.9 Å². The monoisotopic (exact) mass is 448 g/mol. The van der Waals surface area contributed by atoms with Crippen LogP contribution in [0, 0.1) is 12.3 Å². The number of rotatable bonds is 8. The second-order valence-electron chi connectivity index (χ2n) is 7.12. The molecule has 32 heavy (non-hydrogen) atoms. The van der Waals surface area contributed by atoms with Gasteiger partial charge >= 0.3 is 0 Å². The van der Waals surface area contributed by atoms with E-state index in [1.807, 2.05) is 29.6 Å². The van der Waals surface area contributed by atoms with Crippen LogP contribution in [0.2, 0.25) is 0 Å². The van der Waals surface area contributed by atoms with Gasteiger partial charge in [-0.2, -0.15) is 0 Å². The van der Waals surface area contributed by atoms with Crippen molar-refractivity contribution in [3.05, 3.63) is 59.5 Å². The van der Waals surface area contributed by atoms with Gasteiger partial charge < -0.3 is 15.4 Å². The highest BCUT2D eigenvalue weighted by Gasteiger charge is 2.21. The lowest BCUT2D eigenvalue weighted by Crippen LogP contribution is -2.43. The van der Waals surface area contributed by atoms with Crippen molar-refractivity contribution < 1.29 is 14.3 Å². The Balaban J connectivity index is 1.55. The smallest absolute Gasteiger partial charge is 0.243 e. The molecule has 3 rings (SSSR count). The average molecular weight is 449 g/mol. The second-order valence-corrected chi connectivity index (χ2v) is 7.98. The number of anilines is 2. The van der Waals surface area contributed by atoms with Gasteiger partial charge in [0.2, 0.25) is 11.8 Å². The van der Waals surface area contributed by atoms with Gasteiger partial charge in [-0.3, -0.25) is 14.5 Å². The van der Waals surface area contributed by atoms with Crippen LogP contribution in [-0.4, -0.2) is 48.4 Å². The number of likely N-dealkylation sites (N-methyl/N-ethyl adjacent to an activating group) is 1. The molecule has 7 nitrogen and oxygen atoms in total. The summed E-state index contributed by atoms with van der Waals surface area (Å²) in [5, 5.41) is 7.99. The van der Waals surface area contributed by atoms with Crippen molar-refractivity contribution in [1.82, 2.24) is 9.88 Å². The quantitative estimate of drug-likeness (QED) is 0.514. The van der Waals surface area contributed by atoms with E-state index in [-0.39, 0.29) is 18.4 Å². The Morgan fingerprint density at radius 3 is 2.66 bits per heavy atom. The Bertz CT molecular complexity index is 1130. The first-order valence-electron chi connectivity index (χ1n) is 9.87. The van der Waals surface area contributed by atoms with E-state index in [0.717, 1.165) is 17.0 Å². The van der Waals surface area contributed by atoms with E-state index in [4.69, 9.17) is 11.2 Å². The summed E-state index contributed by atoms with van der Waals surface area (Å²) in [6.45, 7) is 1.78. The van der Waals surface area contributed by atoms with Crippen molar-refractivity contribution in [2.45, 2.75) is 13.0 Å². The third-order valence-electron chi connectivity index (χ3n) is 4.87. The Morgan fingerprint density at radius 1 is 1.22 bits per heavy atom. The maximum Gasteiger partial charge on any atom is 0.243 e. The average Bonchev–Trinajstić information content (AvgIpc) is 3.26. The number of nitrogens with one attached hydrogen (secondary N) is 2. The topological polar surface area (TPSA) is 83.6 Å². The Morgan fingerprint density at radius 2 is 1.97 bits per heavy atom. The standard InChI is InChI=1S/C24H24N4O3S/c1-5-17-7-6-8-19(13-17)25-22(29)14-28(3)16(2)23(30)27-24-26-21(15-32-24)18-9-11-20(31-4)12-10-18/h1,6-13,15-16H,14H2,2-4H3,(H,25,29)(H,26,27,30). The van der Waals surface area contributed by atoms with Gasteiger partial charge in [-0.15, -0.1) is 17.8 Å². The number of amides is 2. The molecule has 0 saturated heterocycles. The van der Waals surface area contributed by atoms with Crippen molar-refractivity contribution in [3.8, 4) is 29.4 Å². The SMILES string of the molecule is C#Cc1cccc(NC(=O)CN(C)C(C)C(=O)Nc2nc(-c3ccc(OC)cc3)cs2)c1. The highest BCUT2D eigenvalue weighted by atomic mass is 32.1. The van der Waals surface area contributed by atoms with Crippen LogP contribution in [0.3, 0.4) is 0 Å². The second kappa shape index (κ2) is 10.6. The molecule has 3 aromatic rings. The summed E-state index contributed by atoms with van der Waals surface area (Å²) in [4.78, 5) is 31.2. The number of nitrogens with zero attached hydrogens (tertiary/aromatic N) is 2. The first-order valence-corrected chi connectivity index (χ1v) is 10.7. The van der Waals surface area contributed by atoms with Gasteiger partial charge in [0, 0.05) is 22.2 Å². The Labute approximate surface area is 191 Å². The molecule has 1 unspecified atom stereocenters. The van der Waals surface area contributed by atoms with Crippen LogP contribution in [0.25, 0.3) is 11.3 Å². The number of methoxy groups -OCH3 is 1. The predicted octanol–water partition coefficient (Wildman–Crippen LogP) is 3.70. The molecule has 2 amide bonds. The molecule has 0 saturated carbocycles. The number of thiazole rings is 1. The molecular formula is C24H24N4O3S. The number of aromatic nitrogens is 1. The zero-order chi connectivity index (χ0) is 23.1. The lowest BCUT2D eigenvalue weighted by molar-refractivity contribution is -0.122. The number of ether oxygens (including phenoxy) is 1. The van der Waals surface area contributed by atoms with Gasteiger partial charge in [0.15, 0.2) is 5.13 Å². The molecule has 1 heterocycles. The van der Waals surface area contributed by atoms with E-state index >= 15 is 0 Å². The molecule has 0 aliphatic rings. The summed E-state index contributed by atoms with van der Waals surface area (Å²) < 4.78 is 5.17. The van der Waals surface area contributed by atoms with Crippen LogP contribution >= 0.6 is 11.3 Å². The molecule has 0 aliphatic heterocycles. The molecule has 2 N–H and O–H groups in total. The maximum atomic E-state index is 12.6. The number of carbonyl (C=O) groups is 2. The zero-order valence-corrected chi connectivity index (χ0v) is 18.9. The van der Waals surface area contributed by atoms with Crippen LogP contribution < -0.4 is 15.4 Å². The number of benzene rings is 2. The fraction of sp³-hybridized carbons (Fsp3) is 0.208. The number of hydrogen-bond donors (Lipinski definition) is 2. The molecule has 2 aromatic carbocycles. The largest absolute Gasteiger partial charge is 0.497 e. The van der Waals surface area contributed by atoms with E-state index in [2.05, 4.69) is 21.5 Å². The van der Waals surface area contributed by atoms with Crippen LogP contribution in [0.5, 0.6) is 5.75 Å². The first-order chi connectivity index (χ1) is 15.4. The van der Waals surface area contributed by atoms with Crippen molar-refractivity contribution in [1.29, 1.82) is 0 Å². The van der Waals surface area contributed by atoms with Gasteiger partial charge in [-0.1, -0.05) is 12.0 Å². The first kappa shape index (κ1) is 23.0. The summed E-state index contributed by atoms with van der Waals surface area (Å²) >= 11 is 1.34. The summed E-state index contributed by atoms with van der Waals surface area (Å²) in [6.07, 6.45) is 5.39. The normalized spacial score (nSPS) is 11.5. The van der Waals surface area contributed by atoms with Gasteiger partial charge in [0.05, 0.1) is 25.4 Å². The zero-order valence-electron chi connectivity index (χ0n) is 18.1. The minimum absolute atomic E-state index is 0.0455. The molecular weight excluding hydrogens is 424 g/mol. The molecule has 164 valence electrons. The maximum absolute atomic E-state index is 12.6. The van der Waals surface area contributed by atoms with Crippen LogP contribution in [0.1, 0.15) is 12.5 Å². The van der Waals surface area contributed by atoms with Gasteiger partial charge in [0.25, 0.3) is 0 Å². The number of hydrogen-bond acceptors (Lipinski definition) is 6. The summed E-state index contributed by atoms with van der Waals surface area (Å²) in [6, 6.07) is 14.0. The lowest BCUT2D eigenvalue weighted by atomic mass is 10.2. The molecule has 0 spiro atoms. The van der Waals surface area contributed by atoms with E-state index in [1.165, 1.54) is 11.3 Å². The summed E-state index contributed by atoms with van der Waals surface area (Å²) in [5.74, 6) is 2.81. The minimum Gasteiger partial charge on any atom is -0.497 e. The fourth-order valence-corrected chi connectivity index (χ4v) is 3.61. The highest BCUT2D eigenvalue weighted by Crippen LogP contribution is 2.26. The third-order valence-corrected chi connectivity index (χ3v) is 5.62. The number of carbonyl (C=O) groups excluding carboxylic acids is 2. The molecule has 1 aromatic heterocycles. The van der Waals surface area contributed by atoms with Crippen molar-refractivity contribution in [2.24, 2.45) is 0 Å². The van der Waals surface area contributed by atoms with Gasteiger partial charge in [-0.05, 0) is 56.4 Å². The minimum atomic E-state index is -0.536. The molecule has 1 atom stereocenters. The van der Waals surface area contributed by atoms with E-state index in [0.29, 0.717) is 16.4 Å². The molecule has 0 radical (unpaired) electrons. The van der Waals surface area contributed by atoms with E-state index in [1.54, 1.807) is 50.2 Å². The lowest BCUT2D eigenvalue weighted by Gasteiger charge is -2.22. The van der Waals surface area contributed by atoms with E-state index < -0.39 is 6.04 Å². The Hall–Kier alpha value is -3.67. The molecule has 0 bridgehead atoms. The Kier molecular flexibility index (Phi) is 7.60. The highest BCUT2D eigenvalue weighted by molar-refractivity contribution is 7.14. The number of terminal acetylenes is 1. The predicted molar refractivity (Wildman–Crippen MR) is 128 cm³/mol. The van der Waals surface area contributed by atoms with Crippen molar-refractivity contribution in [2.75, 3.05) is 31.3 Å². The van der Waals surface area contributed by atoms with E-state index in [9.17, 15) is 9.59 Å². The molecule has 8 heteroatoms. The molecule has 0 aliphatic carbocycles. The third kappa shape index (κ3) is 5.94. The van der Waals surface area contributed by atoms with Gasteiger partial charge in [-0.25, -0.2) is 4.98 Å². The van der Waals surface area contributed by atoms with Gasteiger partial charge in [0.1, 0.15) is 5.75 Å². The van der Waals surface area contributed by atoms with Crippen LogP contribution in [-0.2, 0) is 9.59 Å². The summed E-state index contributed by atoms with van der Waals surface area (Å²) in [5.41, 5.74) is 2.99. The molecule has 0 fully saturated rings. The summed E-state index contributed by atoms with van der Waals surface area (Å²) in [7, 11) is 3.33. The van der Waals surface area contributed by atoms with Crippen molar-refractivity contribution in [3.63, 3.8) is 0 Å².